The molecular weight excluding hydrogens is 314 g/mol. The molecule has 108 valence electrons. The molecule has 0 radical (unpaired) electrons. The summed E-state index contributed by atoms with van der Waals surface area (Å²) in [6.07, 6.45) is 3.97. The molecule has 0 aromatic carbocycles. The molecule has 0 atom stereocenters. The van der Waals surface area contributed by atoms with Gasteiger partial charge in [0.25, 0.3) is 0 Å². The molecule has 0 N–H and O–H groups in total. The Morgan fingerprint density at radius 2 is 1.89 bits per heavy atom. The molecule has 6 heteroatoms. The predicted octanol–water partition coefficient (Wildman–Crippen LogP) is 2.46. The van der Waals surface area contributed by atoms with Crippen LogP contribution in [0.25, 0.3) is 0 Å². The second-order valence-electron chi connectivity index (χ2n) is 4.70. The lowest BCUT2D eigenvalue weighted by atomic mass is 9.89. The number of oxime groups is 1. The summed E-state index contributed by atoms with van der Waals surface area (Å²) in [6, 6.07) is 0. The lowest BCUT2D eigenvalue weighted by Gasteiger charge is -2.24. The molecule has 0 aromatic heterocycles. The highest BCUT2D eigenvalue weighted by Crippen LogP contribution is 2.25. The standard InChI is InChI=1S/C13H20BrNO4/c1-3-18-13(17)12(11(16)8-14)15-19-10-6-4-9(2)5-7-10/h9-10H,3-8H2,1-2H3/t9-,10-. The molecule has 0 saturated heterocycles. The highest BCUT2D eigenvalue weighted by Gasteiger charge is 2.24. The van der Waals surface area contributed by atoms with Gasteiger partial charge < -0.3 is 9.57 Å². The maximum atomic E-state index is 11.6. The van der Waals surface area contributed by atoms with Gasteiger partial charge in [-0.1, -0.05) is 28.0 Å². The Bertz CT molecular complexity index is 349. The van der Waals surface area contributed by atoms with Crippen molar-refractivity contribution in [3.8, 4) is 0 Å². The summed E-state index contributed by atoms with van der Waals surface area (Å²) in [7, 11) is 0. The van der Waals surface area contributed by atoms with Gasteiger partial charge in [-0.3, -0.25) is 4.79 Å². The summed E-state index contributed by atoms with van der Waals surface area (Å²) >= 11 is 3.01. The Morgan fingerprint density at radius 1 is 1.26 bits per heavy atom. The first kappa shape index (κ1) is 16.1. The molecule has 1 aliphatic rings. The van der Waals surface area contributed by atoms with E-state index in [2.05, 4.69) is 28.0 Å². The SMILES string of the molecule is CCOC(=O)C(=NO[C@H]1CC[C@H](C)CC1)C(=O)CBr. The molecule has 0 aliphatic heterocycles. The van der Waals surface area contributed by atoms with Gasteiger partial charge in [-0.05, 0) is 38.5 Å². The first-order valence-electron chi connectivity index (χ1n) is 6.58. The zero-order valence-corrected chi connectivity index (χ0v) is 12.9. The van der Waals surface area contributed by atoms with E-state index in [0.717, 1.165) is 25.7 Å². The Labute approximate surface area is 121 Å². The third-order valence-corrected chi connectivity index (χ3v) is 3.62. The van der Waals surface area contributed by atoms with Gasteiger partial charge in [0.15, 0.2) is 0 Å². The highest BCUT2D eigenvalue weighted by molar-refractivity contribution is 9.09. The van der Waals surface area contributed by atoms with Crippen molar-refractivity contribution >= 4 is 33.4 Å². The van der Waals surface area contributed by atoms with Gasteiger partial charge in [0.05, 0.1) is 11.9 Å². The fraction of sp³-hybridized carbons (Fsp3) is 0.769. The van der Waals surface area contributed by atoms with Crippen LogP contribution in [0.1, 0.15) is 39.5 Å². The van der Waals surface area contributed by atoms with E-state index in [1.807, 2.05) is 0 Å². The van der Waals surface area contributed by atoms with Crippen molar-refractivity contribution in [3.63, 3.8) is 0 Å². The van der Waals surface area contributed by atoms with Crippen LogP contribution in [0.3, 0.4) is 0 Å². The number of alkyl halides is 1. The lowest BCUT2D eigenvalue weighted by molar-refractivity contribution is -0.136. The van der Waals surface area contributed by atoms with Crippen LogP contribution in [0.4, 0.5) is 0 Å². The minimum atomic E-state index is -0.726. The molecular formula is C13H20BrNO4. The van der Waals surface area contributed by atoms with E-state index >= 15 is 0 Å². The van der Waals surface area contributed by atoms with Crippen molar-refractivity contribution in [3.05, 3.63) is 0 Å². The number of hydrogen-bond acceptors (Lipinski definition) is 5. The predicted molar refractivity (Wildman–Crippen MR) is 75.4 cm³/mol. The first-order chi connectivity index (χ1) is 9.08. The molecule has 19 heavy (non-hydrogen) atoms. The molecule has 0 amide bonds. The number of hydrogen-bond donors (Lipinski definition) is 0. The van der Waals surface area contributed by atoms with Gasteiger partial charge in [0.2, 0.25) is 11.5 Å². The fourth-order valence-electron chi connectivity index (χ4n) is 1.93. The van der Waals surface area contributed by atoms with Gasteiger partial charge in [-0.2, -0.15) is 0 Å². The van der Waals surface area contributed by atoms with Gasteiger partial charge in [0.1, 0.15) is 6.10 Å². The fourth-order valence-corrected chi connectivity index (χ4v) is 2.19. The summed E-state index contributed by atoms with van der Waals surface area (Å²) in [6.45, 7) is 4.09. The molecule has 1 rings (SSSR count). The van der Waals surface area contributed by atoms with Crippen LogP contribution in [0, 0.1) is 5.92 Å². The third-order valence-electron chi connectivity index (χ3n) is 3.11. The van der Waals surface area contributed by atoms with E-state index in [1.54, 1.807) is 6.92 Å². The van der Waals surface area contributed by atoms with Crippen LogP contribution in [-0.4, -0.2) is 35.5 Å². The topological polar surface area (TPSA) is 65.0 Å². The van der Waals surface area contributed by atoms with Crippen molar-refractivity contribution in [2.45, 2.75) is 45.6 Å². The van der Waals surface area contributed by atoms with Crippen molar-refractivity contribution in [1.29, 1.82) is 0 Å². The van der Waals surface area contributed by atoms with E-state index < -0.39 is 11.8 Å². The summed E-state index contributed by atoms with van der Waals surface area (Å²) < 4.78 is 4.79. The van der Waals surface area contributed by atoms with Gasteiger partial charge in [-0.25, -0.2) is 4.79 Å². The van der Waals surface area contributed by atoms with Crippen molar-refractivity contribution < 1.29 is 19.2 Å². The Morgan fingerprint density at radius 3 is 2.42 bits per heavy atom. The van der Waals surface area contributed by atoms with E-state index in [9.17, 15) is 9.59 Å². The molecule has 0 bridgehead atoms. The Hall–Kier alpha value is -0.910. The monoisotopic (exact) mass is 333 g/mol. The largest absolute Gasteiger partial charge is 0.461 e. The van der Waals surface area contributed by atoms with Crippen LogP contribution in [0.2, 0.25) is 0 Å². The highest BCUT2D eigenvalue weighted by atomic mass is 79.9. The normalized spacial score (nSPS) is 23.8. The average molecular weight is 334 g/mol. The van der Waals surface area contributed by atoms with Crippen LogP contribution >= 0.6 is 15.9 Å². The van der Waals surface area contributed by atoms with Gasteiger partial charge in [0, 0.05) is 0 Å². The number of rotatable bonds is 6. The Balaban J connectivity index is 2.61. The summed E-state index contributed by atoms with van der Waals surface area (Å²) in [4.78, 5) is 28.5. The lowest BCUT2D eigenvalue weighted by Crippen LogP contribution is -2.29. The number of esters is 1. The maximum absolute atomic E-state index is 11.6. The molecule has 1 aliphatic carbocycles. The van der Waals surface area contributed by atoms with Crippen LogP contribution in [-0.2, 0) is 19.2 Å². The minimum absolute atomic E-state index is 0.0104. The van der Waals surface area contributed by atoms with Crippen LogP contribution < -0.4 is 0 Å². The zero-order valence-electron chi connectivity index (χ0n) is 11.4. The number of ether oxygens (including phenoxy) is 1. The van der Waals surface area contributed by atoms with Gasteiger partial charge in [-0.15, -0.1) is 0 Å². The van der Waals surface area contributed by atoms with Crippen molar-refractivity contribution in [2.75, 3.05) is 11.9 Å². The molecule has 0 spiro atoms. The van der Waals surface area contributed by atoms with Crippen molar-refractivity contribution in [2.24, 2.45) is 11.1 Å². The molecule has 0 aromatic rings. The number of nitrogens with zero attached hydrogens (tertiary/aromatic N) is 1. The number of carbonyl (C=O) groups excluding carboxylic acids is 2. The van der Waals surface area contributed by atoms with E-state index in [1.165, 1.54) is 0 Å². The number of ketones is 1. The quantitative estimate of drug-likeness (QED) is 0.246. The van der Waals surface area contributed by atoms with E-state index in [-0.39, 0.29) is 23.8 Å². The first-order valence-corrected chi connectivity index (χ1v) is 7.70. The number of carbonyl (C=O) groups is 2. The molecule has 0 heterocycles. The number of halogens is 1. The minimum Gasteiger partial charge on any atom is -0.461 e. The zero-order chi connectivity index (χ0) is 14.3. The van der Waals surface area contributed by atoms with Gasteiger partial charge >= 0.3 is 5.97 Å². The van der Waals surface area contributed by atoms with Crippen LogP contribution in [0.5, 0.6) is 0 Å². The summed E-state index contributed by atoms with van der Waals surface area (Å²) in [5, 5.41) is 3.75. The van der Waals surface area contributed by atoms with E-state index in [4.69, 9.17) is 9.57 Å². The average Bonchev–Trinajstić information content (AvgIpc) is 2.41. The summed E-state index contributed by atoms with van der Waals surface area (Å²) in [5.41, 5.74) is -0.266. The second kappa shape index (κ2) is 8.30. The smallest absolute Gasteiger partial charge is 0.364 e. The molecule has 5 nitrogen and oxygen atoms in total. The maximum Gasteiger partial charge on any atom is 0.364 e. The molecule has 1 fully saturated rings. The Kier molecular flexibility index (Phi) is 7.05. The third kappa shape index (κ3) is 5.30. The van der Waals surface area contributed by atoms with E-state index in [0.29, 0.717) is 5.92 Å². The van der Waals surface area contributed by atoms with Crippen LogP contribution in [0.15, 0.2) is 5.16 Å². The second-order valence-corrected chi connectivity index (χ2v) is 5.27. The molecule has 1 saturated carbocycles. The number of Topliss-reactive ketones (excluding diaryl/α,β-unsaturated/α-hetero) is 1. The molecule has 0 unspecified atom stereocenters. The summed E-state index contributed by atoms with van der Waals surface area (Å²) in [5.74, 6) is -0.448. The van der Waals surface area contributed by atoms with Crippen molar-refractivity contribution in [1.82, 2.24) is 0 Å².